The third-order valence-electron chi connectivity index (χ3n) is 4.32. The second-order valence-corrected chi connectivity index (χ2v) is 6.29. The number of anilines is 1. The minimum Gasteiger partial charge on any atom is -0.494 e. The van der Waals surface area contributed by atoms with Crippen molar-refractivity contribution in [1.82, 2.24) is 25.1 Å². The first-order valence-corrected chi connectivity index (χ1v) is 9.04. The van der Waals surface area contributed by atoms with Crippen molar-refractivity contribution in [2.75, 3.05) is 19.5 Å². The van der Waals surface area contributed by atoms with Crippen LogP contribution in [0.4, 0.5) is 5.82 Å². The van der Waals surface area contributed by atoms with E-state index in [0.29, 0.717) is 29.6 Å². The molecule has 9 heteroatoms. The quantitative estimate of drug-likeness (QED) is 0.532. The molecule has 4 rings (SSSR count). The second-order valence-electron chi connectivity index (χ2n) is 6.29. The van der Waals surface area contributed by atoms with Gasteiger partial charge in [0.05, 0.1) is 13.7 Å². The predicted octanol–water partition coefficient (Wildman–Crippen LogP) is 3.28. The van der Waals surface area contributed by atoms with Gasteiger partial charge in [0, 0.05) is 5.56 Å². The van der Waals surface area contributed by atoms with Crippen molar-refractivity contribution in [1.29, 1.82) is 0 Å². The molecule has 0 bridgehead atoms. The van der Waals surface area contributed by atoms with Crippen LogP contribution in [0.3, 0.4) is 0 Å². The van der Waals surface area contributed by atoms with Crippen molar-refractivity contribution in [3.63, 3.8) is 0 Å². The van der Waals surface area contributed by atoms with Crippen LogP contribution in [0.5, 0.6) is 11.5 Å². The molecule has 29 heavy (non-hydrogen) atoms. The van der Waals surface area contributed by atoms with Crippen LogP contribution in [0.25, 0.3) is 28.7 Å². The maximum atomic E-state index is 6.28. The summed E-state index contributed by atoms with van der Waals surface area (Å²) in [5.41, 5.74) is 9.08. The van der Waals surface area contributed by atoms with Crippen molar-refractivity contribution in [3.05, 3.63) is 48.0 Å². The van der Waals surface area contributed by atoms with Crippen LogP contribution in [0, 0.1) is 6.92 Å². The van der Waals surface area contributed by atoms with Gasteiger partial charge in [0.15, 0.2) is 11.5 Å². The van der Waals surface area contributed by atoms with Crippen LogP contribution in [-0.4, -0.2) is 38.9 Å². The van der Waals surface area contributed by atoms with Gasteiger partial charge in [-0.25, -0.2) is 0 Å². The van der Waals surface area contributed by atoms with Gasteiger partial charge in [0.25, 0.3) is 5.89 Å². The number of methoxy groups -OCH3 is 1. The third-order valence-corrected chi connectivity index (χ3v) is 4.32. The minimum absolute atomic E-state index is 0.184. The van der Waals surface area contributed by atoms with Gasteiger partial charge in [0.2, 0.25) is 5.82 Å². The fourth-order valence-corrected chi connectivity index (χ4v) is 2.89. The lowest BCUT2D eigenvalue weighted by molar-refractivity contribution is 0.340. The Bertz CT molecular complexity index is 1130. The molecule has 0 radical (unpaired) electrons. The first kappa shape index (κ1) is 18.5. The van der Waals surface area contributed by atoms with E-state index in [1.807, 2.05) is 56.3 Å². The third kappa shape index (κ3) is 3.49. The standard InChI is InChI=1S/C20H20N6O3/c1-4-28-14-8-6-13(7-9-14)19-22-20(29-24-19)17-18(21)26(25-23-17)15-11-12(2)5-10-16(15)27-3/h5-11H,4,21H2,1-3H3. The van der Waals surface area contributed by atoms with E-state index in [2.05, 4.69) is 20.5 Å². The molecule has 0 spiro atoms. The van der Waals surface area contributed by atoms with Gasteiger partial charge in [-0.15, -0.1) is 5.10 Å². The van der Waals surface area contributed by atoms with Gasteiger partial charge in [-0.05, 0) is 55.8 Å². The number of hydrogen-bond acceptors (Lipinski definition) is 8. The molecule has 0 fully saturated rings. The average molecular weight is 392 g/mol. The van der Waals surface area contributed by atoms with E-state index in [1.165, 1.54) is 4.68 Å². The van der Waals surface area contributed by atoms with Crippen molar-refractivity contribution >= 4 is 5.82 Å². The number of rotatable bonds is 6. The smallest absolute Gasteiger partial charge is 0.282 e. The molecule has 2 aromatic carbocycles. The summed E-state index contributed by atoms with van der Waals surface area (Å²) in [5.74, 6) is 2.28. The Labute approximate surface area is 167 Å². The van der Waals surface area contributed by atoms with Gasteiger partial charge in [-0.2, -0.15) is 9.67 Å². The molecule has 2 heterocycles. The maximum Gasteiger partial charge on any atom is 0.282 e. The molecule has 0 aliphatic carbocycles. The summed E-state index contributed by atoms with van der Waals surface area (Å²) in [7, 11) is 1.59. The number of aromatic nitrogens is 5. The number of nitrogens with two attached hydrogens (primary N) is 1. The van der Waals surface area contributed by atoms with Crippen molar-refractivity contribution in [3.8, 4) is 40.2 Å². The largest absolute Gasteiger partial charge is 0.494 e. The Morgan fingerprint density at radius 1 is 1.14 bits per heavy atom. The summed E-state index contributed by atoms with van der Waals surface area (Å²) < 4.78 is 17.7. The summed E-state index contributed by atoms with van der Waals surface area (Å²) in [5, 5.41) is 12.3. The first-order chi connectivity index (χ1) is 14.1. The average Bonchev–Trinajstić information content (AvgIpc) is 3.35. The zero-order chi connectivity index (χ0) is 20.4. The molecule has 2 N–H and O–H groups in total. The highest BCUT2D eigenvalue weighted by atomic mass is 16.5. The van der Waals surface area contributed by atoms with Crippen molar-refractivity contribution < 1.29 is 14.0 Å². The summed E-state index contributed by atoms with van der Waals surface area (Å²) in [4.78, 5) is 4.41. The minimum atomic E-state index is 0.184. The van der Waals surface area contributed by atoms with Gasteiger partial charge >= 0.3 is 0 Å². The number of ether oxygens (including phenoxy) is 2. The predicted molar refractivity (Wildman–Crippen MR) is 107 cm³/mol. The van der Waals surface area contributed by atoms with Gasteiger partial charge in [-0.1, -0.05) is 16.4 Å². The monoisotopic (exact) mass is 392 g/mol. The van der Waals surface area contributed by atoms with E-state index >= 15 is 0 Å². The highest BCUT2D eigenvalue weighted by Crippen LogP contribution is 2.30. The van der Waals surface area contributed by atoms with E-state index in [-0.39, 0.29) is 11.7 Å². The van der Waals surface area contributed by atoms with Crippen molar-refractivity contribution in [2.24, 2.45) is 0 Å². The fourth-order valence-electron chi connectivity index (χ4n) is 2.89. The molecular weight excluding hydrogens is 372 g/mol. The topological polar surface area (TPSA) is 114 Å². The summed E-state index contributed by atoms with van der Waals surface area (Å²) in [6, 6.07) is 13.1. The number of nitrogens with zero attached hydrogens (tertiary/aromatic N) is 5. The SMILES string of the molecule is CCOc1ccc(-c2noc(-c3nnn(-c4cc(C)ccc4OC)c3N)n2)cc1. The Morgan fingerprint density at radius 3 is 2.66 bits per heavy atom. The number of nitrogen functional groups attached to an aromatic ring is 1. The van der Waals surface area contributed by atoms with Gasteiger partial charge in [0.1, 0.15) is 17.2 Å². The molecule has 9 nitrogen and oxygen atoms in total. The van der Waals surface area contributed by atoms with E-state index < -0.39 is 0 Å². The zero-order valence-electron chi connectivity index (χ0n) is 16.3. The molecule has 0 atom stereocenters. The maximum absolute atomic E-state index is 6.28. The molecular formula is C20H20N6O3. The van der Waals surface area contributed by atoms with Crippen LogP contribution in [-0.2, 0) is 0 Å². The second kappa shape index (κ2) is 7.63. The van der Waals surface area contributed by atoms with Crippen LogP contribution in [0.1, 0.15) is 12.5 Å². The number of aryl methyl sites for hydroxylation is 1. The Morgan fingerprint density at radius 2 is 1.93 bits per heavy atom. The Kier molecular flexibility index (Phi) is 4.86. The molecule has 0 aliphatic rings. The van der Waals surface area contributed by atoms with E-state index in [4.69, 9.17) is 19.7 Å². The Hall–Kier alpha value is -3.88. The normalized spacial score (nSPS) is 10.9. The van der Waals surface area contributed by atoms with Gasteiger partial charge in [-0.3, -0.25) is 0 Å². The van der Waals surface area contributed by atoms with E-state index in [0.717, 1.165) is 16.9 Å². The summed E-state index contributed by atoms with van der Waals surface area (Å²) in [6.45, 7) is 4.51. The fraction of sp³-hybridized carbons (Fsp3) is 0.200. The van der Waals surface area contributed by atoms with Crippen LogP contribution in [0.2, 0.25) is 0 Å². The summed E-state index contributed by atoms with van der Waals surface area (Å²) >= 11 is 0. The van der Waals surface area contributed by atoms with Crippen LogP contribution >= 0.6 is 0 Å². The van der Waals surface area contributed by atoms with Crippen LogP contribution < -0.4 is 15.2 Å². The molecule has 0 aliphatic heterocycles. The molecule has 0 amide bonds. The molecule has 0 saturated heterocycles. The summed E-state index contributed by atoms with van der Waals surface area (Å²) in [6.07, 6.45) is 0. The molecule has 2 aromatic heterocycles. The zero-order valence-corrected chi connectivity index (χ0v) is 16.3. The van der Waals surface area contributed by atoms with Crippen LogP contribution in [0.15, 0.2) is 47.0 Å². The lowest BCUT2D eigenvalue weighted by atomic mass is 10.2. The van der Waals surface area contributed by atoms with Crippen molar-refractivity contribution in [2.45, 2.75) is 13.8 Å². The lowest BCUT2D eigenvalue weighted by Gasteiger charge is -2.09. The Balaban J connectivity index is 1.67. The van der Waals surface area contributed by atoms with E-state index in [1.54, 1.807) is 7.11 Å². The molecule has 148 valence electrons. The first-order valence-electron chi connectivity index (χ1n) is 9.04. The molecule has 0 unspecified atom stereocenters. The highest BCUT2D eigenvalue weighted by molar-refractivity contribution is 5.67. The molecule has 0 saturated carbocycles. The highest BCUT2D eigenvalue weighted by Gasteiger charge is 2.21. The lowest BCUT2D eigenvalue weighted by Crippen LogP contribution is -2.04. The number of hydrogen-bond donors (Lipinski definition) is 1. The van der Waals surface area contributed by atoms with Gasteiger partial charge < -0.3 is 19.7 Å². The van der Waals surface area contributed by atoms with E-state index in [9.17, 15) is 0 Å². The number of benzene rings is 2. The molecule has 4 aromatic rings.